The van der Waals surface area contributed by atoms with Gasteiger partial charge in [0.1, 0.15) is 0 Å². The van der Waals surface area contributed by atoms with Gasteiger partial charge in [0.25, 0.3) is 6.43 Å². The molecule has 1 aliphatic heterocycles. The molecule has 0 radical (unpaired) electrons. The monoisotopic (exact) mass is 475 g/mol. The van der Waals surface area contributed by atoms with Crippen LogP contribution in [0.25, 0.3) is 0 Å². The molecule has 1 N–H and O–H groups in total. The first-order valence-corrected chi connectivity index (χ1v) is 12.3. The highest BCUT2D eigenvalue weighted by atomic mass is 19.3. The molecule has 0 bridgehead atoms. The van der Waals surface area contributed by atoms with Gasteiger partial charge in [-0.1, -0.05) is 6.07 Å². The van der Waals surface area contributed by atoms with Crippen LogP contribution < -0.4 is 10.1 Å². The zero-order valence-electron chi connectivity index (χ0n) is 19.9. The van der Waals surface area contributed by atoms with Gasteiger partial charge >= 0.3 is 0 Å². The van der Waals surface area contributed by atoms with Gasteiger partial charge in [-0.25, -0.2) is 13.8 Å². The number of aryl methyl sites for hydroxylation is 1. The normalized spacial score (nSPS) is 21.2. The summed E-state index contributed by atoms with van der Waals surface area (Å²) in [6, 6.07) is 3.95. The molecule has 0 spiro atoms. The summed E-state index contributed by atoms with van der Waals surface area (Å²) in [6.45, 7) is 2.36. The van der Waals surface area contributed by atoms with Crippen molar-refractivity contribution in [3.8, 4) is 5.88 Å². The van der Waals surface area contributed by atoms with Crippen molar-refractivity contribution in [1.29, 1.82) is 0 Å². The van der Waals surface area contributed by atoms with Crippen LogP contribution in [-0.2, 0) is 31.1 Å². The Bertz CT molecular complexity index is 943. The molecule has 0 saturated heterocycles. The van der Waals surface area contributed by atoms with Crippen molar-refractivity contribution in [3.63, 3.8) is 0 Å². The summed E-state index contributed by atoms with van der Waals surface area (Å²) in [4.78, 5) is 19.3. The number of nitrogens with zero attached hydrogens (tertiary/aromatic N) is 4. The Labute approximate surface area is 199 Å². The van der Waals surface area contributed by atoms with E-state index in [2.05, 4.69) is 20.3 Å². The number of alkyl halides is 2. The maximum absolute atomic E-state index is 12.4. The minimum absolute atomic E-state index is 0.0805. The van der Waals surface area contributed by atoms with Gasteiger partial charge in [-0.05, 0) is 62.1 Å². The summed E-state index contributed by atoms with van der Waals surface area (Å²) in [5, 5.41) is 7.31. The van der Waals surface area contributed by atoms with Crippen molar-refractivity contribution in [2.24, 2.45) is 13.0 Å². The second-order valence-corrected chi connectivity index (χ2v) is 9.57. The van der Waals surface area contributed by atoms with Crippen LogP contribution in [0.1, 0.15) is 48.9 Å². The van der Waals surface area contributed by atoms with E-state index in [1.54, 1.807) is 16.9 Å². The van der Waals surface area contributed by atoms with Crippen molar-refractivity contribution < 1.29 is 18.3 Å². The van der Waals surface area contributed by atoms with Crippen molar-refractivity contribution in [2.75, 3.05) is 26.2 Å². The second-order valence-electron chi connectivity index (χ2n) is 9.57. The first-order valence-electron chi connectivity index (χ1n) is 12.3. The van der Waals surface area contributed by atoms with Crippen LogP contribution in [0.5, 0.6) is 5.88 Å². The van der Waals surface area contributed by atoms with Gasteiger partial charge < -0.3 is 15.0 Å². The van der Waals surface area contributed by atoms with E-state index in [-0.39, 0.29) is 17.8 Å². The highest BCUT2D eigenvalue weighted by Gasteiger charge is 2.24. The lowest BCUT2D eigenvalue weighted by molar-refractivity contribution is -0.121. The highest BCUT2D eigenvalue weighted by Crippen LogP contribution is 2.28. The highest BCUT2D eigenvalue weighted by molar-refractivity contribution is 5.78. The first kappa shape index (κ1) is 24.6. The van der Waals surface area contributed by atoms with Crippen LogP contribution in [0, 0.1) is 5.92 Å². The Morgan fingerprint density at radius 1 is 1.21 bits per heavy atom. The number of hydrogen-bond donors (Lipinski definition) is 1. The lowest BCUT2D eigenvalue weighted by atomic mass is 9.84. The maximum Gasteiger partial charge on any atom is 0.272 e. The SMILES string of the molecule is Cn1cc(CC(=O)N[C@H]2CC[C@H](CCN3CCc4ccc(OCC(F)F)nc4CC3)CC2)cn1. The molecule has 2 aromatic rings. The lowest BCUT2D eigenvalue weighted by Gasteiger charge is -2.30. The van der Waals surface area contributed by atoms with Crippen LogP contribution in [0.15, 0.2) is 24.5 Å². The molecule has 2 aliphatic rings. The standard InChI is InChI=1S/C25H35F2N5O2/c1-31-16-19(15-28-31)14-24(33)29-21-5-2-18(3-6-21)8-11-32-12-9-20-4-7-25(34-17-23(26)27)30-22(20)10-13-32/h4,7,15-16,18,21,23H,2-3,5-6,8-14,17H2,1H3,(H,29,33)/t18-,21-. The molecular formula is C25H35F2N5O2. The Morgan fingerprint density at radius 3 is 2.74 bits per heavy atom. The summed E-state index contributed by atoms with van der Waals surface area (Å²) < 4.78 is 31.6. The number of nitrogens with one attached hydrogen (secondary N) is 1. The molecule has 3 heterocycles. The molecule has 0 unspecified atom stereocenters. The molecule has 1 fully saturated rings. The number of carbonyl (C=O) groups is 1. The first-order chi connectivity index (χ1) is 16.4. The van der Waals surface area contributed by atoms with E-state index in [1.165, 1.54) is 12.0 Å². The van der Waals surface area contributed by atoms with E-state index in [4.69, 9.17) is 4.74 Å². The fourth-order valence-corrected chi connectivity index (χ4v) is 5.05. The number of rotatable bonds is 9. The van der Waals surface area contributed by atoms with Gasteiger partial charge in [-0.15, -0.1) is 0 Å². The minimum atomic E-state index is -2.49. The van der Waals surface area contributed by atoms with Gasteiger partial charge in [0.05, 0.1) is 12.6 Å². The van der Waals surface area contributed by atoms with Gasteiger partial charge in [0.2, 0.25) is 11.8 Å². The molecule has 2 aromatic heterocycles. The van der Waals surface area contributed by atoms with E-state index in [1.807, 2.05) is 19.3 Å². The summed E-state index contributed by atoms with van der Waals surface area (Å²) in [5.74, 6) is 1.07. The van der Waals surface area contributed by atoms with Gasteiger partial charge in [0.15, 0.2) is 6.61 Å². The molecule has 1 aliphatic carbocycles. The lowest BCUT2D eigenvalue weighted by Crippen LogP contribution is -2.39. The average molecular weight is 476 g/mol. The summed E-state index contributed by atoms with van der Waals surface area (Å²) in [6.07, 6.45) is 8.82. The zero-order chi connectivity index (χ0) is 23.9. The number of ether oxygens (including phenoxy) is 1. The fraction of sp³-hybridized carbons (Fsp3) is 0.640. The smallest absolute Gasteiger partial charge is 0.272 e. The molecule has 0 atom stereocenters. The third-order valence-corrected chi connectivity index (χ3v) is 6.95. The second kappa shape index (κ2) is 11.7. The van der Waals surface area contributed by atoms with E-state index >= 15 is 0 Å². The number of fused-ring (bicyclic) bond motifs is 1. The zero-order valence-corrected chi connectivity index (χ0v) is 19.9. The molecule has 1 amide bonds. The number of carbonyl (C=O) groups excluding carboxylic acids is 1. The van der Waals surface area contributed by atoms with Gasteiger partial charge in [-0.3, -0.25) is 9.48 Å². The molecule has 0 aromatic carbocycles. The number of halogens is 2. The third-order valence-electron chi connectivity index (χ3n) is 6.95. The van der Waals surface area contributed by atoms with E-state index < -0.39 is 13.0 Å². The van der Waals surface area contributed by atoms with Crippen LogP contribution >= 0.6 is 0 Å². The summed E-state index contributed by atoms with van der Waals surface area (Å²) >= 11 is 0. The summed E-state index contributed by atoms with van der Waals surface area (Å²) in [7, 11) is 1.86. The number of pyridine rings is 1. The molecular weight excluding hydrogens is 440 g/mol. The third kappa shape index (κ3) is 7.22. The summed E-state index contributed by atoms with van der Waals surface area (Å²) in [5.41, 5.74) is 3.10. The van der Waals surface area contributed by atoms with Crippen molar-refractivity contribution in [3.05, 3.63) is 41.3 Å². The topological polar surface area (TPSA) is 72.3 Å². The Hall–Kier alpha value is -2.55. The van der Waals surface area contributed by atoms with Crippen molar-refractivity contribution in [2.45, 2.75) is 63.8 Å². The molecule has 4 rings (SSSR count). The van der Waals surface area contributed by atoms with E-state index in [0.29, 0.717) is 12.3 Å². The van der Waals surface area contributed by atoms with Crippen LogP contribution in [-0.4, -0.2) is 64.3 Å². The predicted molar refractivity (Wildman–Crippen MR) is 125 cm³/mol. The molecule has 9 heteroatoms. The van der Waals surface area contributed by atoms with Crippen molar-refractivity contribution in [1.82, 2.24) is 25.0 Å². The maximum atomic E-state index is 12.4. The predicted octanol–water partition coefficient (Wildman–Crippen LogP) is 3.17. The van der Waals surface area contributed by atoms with Crippen molar-refractivity contribution >= 4 is 5.91 Å². The largest absolute Gasteiger partial charge is 0.472 e. The molecule has 7 nitrogen and oxygen atoms in total. The number of hydrogen-bond acceptors (Lipinski definition) is 5. The fourth-order valence-electron chi connectivity index (χ4n) is 5.05. The minimum Gasteiger partial charge on any atom is -0.472 e. The van der Waals surface area contributed by atoms with Gasteiger partial charge in [-0.2, -0.15) is 5.10 Å². The van der Waals surface area contributed by atoms with Gasteiger partial charge in [0, 0.05) is 50.6 Å². The average Bonchev–Trinajstić information content (AvgIpc) is 3.11. The van der Waals surface area contributed by atoms with E-state index in [9.17, 15) is 13.6 Å². The molecule has 186 valence electrons. The quantitative estimate of drug-likeness (QED) is 0.603. The Morgan fingerprint density at radius 2 is 2.00 bits per heavy atom. The number of amides is 1. The molecule has 34 heavy (non-hydrogen) atoms. The Kier molecular flexibility index (Phi) is 8.48. The van der Waals surface area contributed by atoms with E-state index in [0.717, 1.165) is 69.4 Å². The van der Waals surface area contributed by atoms with Crippen LogP contribution in [0.2, 0.25) is 0 Å². The van der Waals surface area contributed by atoms with Crippen LogP contribution in [0.4, 0.5) is 8.78 Å². The molecule has 1 saturated carbocycles. The number of aromatic nitrogens is 3. The Balaban J connectivity index is 1.15. The van der Waals surface area contributed by atoms with Crippen LogP contribution in [0.3, 0.4) is 0 Å².